The first-order valence-corrected chi connectivity index (χ1v) is 10.2. The summed E-state index contributed by atoms with van der Waals surface area (Å²) in [4.78, 5) is 28.3. The predicted octanol–water partition coefficient (Wildman–Crippen LogP) is 2.49. The van der Waals surface area contributed by atoms with Crippen molar-refractivity contribution in [3.8, 4) is 0 Å². The standard InChI is InChI=1S/C20H26N6O3/c27-19(16-7-4-14-29-16)26-12-10-25(11-13-26)18-9-8-17(23-24-18)22-20(28)21-15-5-2-1-3-6-15/h4,7-9,14-15H,1-3,5-6,10-13H2,(H2,21,22,23,28). The summed E-state index contributed by atoms with van der Waals surface area (Å²) in [6, 6.07) is 7.00. The van der Waals surface area contributed by atoms with E-state index in [9.17, 15) is 9.59 Å². The Morgan fingerprint density at radius 3 is 2.45 bits per heavy atom. The lowest BCUT2D eigenvalue weighted by molar-refractivity contribution is 0.0714. The Kier molecular flexibility index (Phi) is 5.92. The van der Waals surface area contributed by atoms with Crippen LogP contribution in [0.1, 0.15) is 42.7 Å². The minimum atomic E-state index is -0.232. The van der Waals surface area contributed by atoms with E-state index in [0.29, 0.717) is 37.8 Å². The summed E-state index contributed by atoms with van der Waals surface area (Å²) in [6.45, 7) is 2.50. The maximum absolute atomic E-state index is 12.3. The van der Waals surface area contributed by atoms with Crippen LogP contribution in [0.4, 0.5) is 16.4 Å². The third-order valence-corrected chi connectivity index (χ3v) is 5.46. The molecule has 2 aliphatic rings. The summed E-state index contributed by atoms with van der Waals surface area (Å²) in [6.07, 6.45) is 7.15. The molecule has 2 fully saturated rings. The molecule has 1 aliphatic carbocycles. The minimum absolute atomic E-state index is 0.0933. The van der Waals surface area contributed by atoms with Crippen molar-refractivity contribution in [2.24, 2.45) is 0 Å². The zero-order valence-corrected chi connectivity index (χ0v) is 16.3. The molecule has 9 nitrogen and oxygen atoms in total. The zero-order chi connectivity index (χ0) is 20.1. The number of nitrogens with one attached hydrogen (secondary N) is 2. The fourth-order valence-corrected chi connectivity index (χ4v) is 3.84. The van der Waals surface area contributed by atoms with E-state index < -0.39 is 0 Å². The van der Waals surface area contributed by atoms with E-state index >= 15 is 0 Å². The summed E-state index contributed by atoms with van der Waals surface area (Å²) < 4.78 is 5.19. The van der Waals surface area contributed by atoms with Crippen LogP contribution in [-0.2, 0) is 0 Å². The van der Waals surface area contributed by atoms with E-state index in [1.54, 1.807) is 23.1 Å². The molecule has 0 radical (unpaired) electrons. The van der Waals surface area contributed by atoms with Crippen molar-refractivity contribution >= 4 is 23.6 Å². The quantitative estimate of drug-likeness (QED) is 0.820. The van der Waals surface area contributed by atoms with Gasteiger partial charge in [0.2, 0.25) is 0 Å². The number of hydrogen-bond donors (Lipinski definition) is 2. The van der Waals surface area contributed by atoms with Gasteiger partial charge in [-0.2, -0.15) is 0 Å². The number of nitrogens with zero attached hydrogens (tertiary/aromatic N) is 4. The molecule has 1 saturated carbocycles. The van der Waals surface area contributed by atoms with E-state index in [4.69, 9.17) is 4.42 Å². The topological polar surface area (TPSA) is 104 Å². The molecule has 9 heteroatoms. The summed E-state index contributed by atoms with van der Waals surface area (Å²) in [7, 11) is 0. The molecule has 0 bridgehead atoms. The second-order valence-corrected chi connectivity index (χ2v) is 7.47. The Morgan fingerprint density at radius 1 is 1.00 bits per heavy atom. The van der Waals surface area contributed by atoms with Crippen molar-refractivity contribution in [1.29, 1.82) is 0 Å². The summed E-state index contributed by atoms with van der Waals surface area (Å²) >= 11 is 0. The van der Waals surface area contributed by atoms with Crippen molar-refractivity contribution in [2.45, 2.75) is 38.1 Å². The number of hydrogen-bond acceptors (Lipinski definition) is 6. The van der Waals surface area contributed by atoms with Crippen LogP contribution in [0.3, 0.4) is 0 Å². The first-order chi connectivity index (χ1) is 14.2. The van der Waals surface area contributed by atoms with Crippen molar-refractivity contribution in [3.05, 3.63) is 36.3 Å². The summed E-state index contributed by atoms with van der Waals surface area (Å²) in [5.74, 6) is 1.42. The van der Waals surface area contributed by atoms with Crippen LogP contribution in [-0.4, -0.2) is 59.3 Å². The second-order valence-electron chi connectivity index (χ2n) is 7.47. The van der Waals surface area contributed by atoms with E-state index in [-0.39, 0.29) is 18.0 Å². The van der Waals surface area contributed by atoms with Gasteiger partial charge in [0, 0.05) is 32.2 Å². The molecule has 3 heterocycles. The molecule has 3 amide bonds. The number of rotatable bonds is 4. The molecule has 0 atom stereocenters. The highest BCUT2D eigenvalue weighted by Gasteiger charge is 2.24. The molecular formula is C20H26N6O3. The maximum atomic E-state index is 12.3. The van der Waals surface area contributed by atoms with Gasteiger partial charge in [-0.15, -0.1) is 10.2 Å². The number of carbonyl (C=O) groups is 2. The molecule has 2 aromatic heterocycles. The number of furan rings is 1. The number of aromatic nitrogens is 2. The molecule has 154 valence electrons. The van der Waals surface area contributed by atoms with Gasteiger partial charge in [0.1, 0.15) is 0 Å². The zero-order valence-electron chi connectivity index (χ0n) is 16.3. The number of carbonyl (C=O) groups excluding carboxylic acids is 2. The van der Waals surface area contributed by atoms with Gasteiger partial charge in [-0.05, 0) is 37.1 Å². The van der Waals surface area contributed by atoms with Crippen molar-refractivity contribution in [1.82, 2.24) is 20.4 Å². The molecule has 2 aromatic rings. The van der Waals surface area contributed by atoms with Gasteiger partial charge in [0.15, 0.2) is 17.4 Å². The van der Waals surface area contributed by atoms with E-state index in [0.717, 1.165) is 18.7 Å². The summed E-state index contributed by atoms with van der Waals surface area (Å²) in [5, 5.41) is 14.1. The number of urea groups is 1. The smallest absolute Gasteiger partial charge is 0.320 e. The molecule has 4 rings (SSSR count). The Hall–Kier alpha value is -3.10. The molecule has 2 N–H and O–H groups in total. The van der Waals surface area contributed by atoms with Crippen molar-refractivity contribution in [3.63, 3.8) is 0 Å². The SMILES string of the molecule is O=C(Nc1ccc(N2CCN(C(=O)c3ccco3)CC2)nn1)NC1CCCCC1. The molecule has 29 heavy (non-hydrogen) atoms. The van der Waals surface area contributed by atoms with Crippen LogP contribution in [0.25, 0.3) is 0 Å². The molecular weight excluding hydrogens is 372 g/mol. The van der Waals surface area contributed by atoms with Gasteiger partial charge >= 0.3 is 6.03 Å². The second kappa shape index (κ2) is 8.93. The van der Waals surface area contributed by atoms with Crippen molar-refractivity contribution < 1.29 is 14.0 Å². The minimum Gasteiger partial charge on any atom is -0.459 e. The fourth-order valence-electron chi connectivity index (χ4n) is 3.84. The van der Waals surface area contributed by atoms with Crippen molar-refractivity contribution in [2.75, 3.05) is 36.4 Å². The van der Waals surface area contributed by atoms with Crippen LogP contribution in [0.5, 0.6) is 0 Å². The lowest BCUT2D eigenvalue weighted by Crippen LogP contribution is -2.49. The summed E-state index contributed by atoms with van der Waals surface area (Å²) in [5.41, 5.74) is 0. The van der Waals surface area contributed by atoms with Crippen LogP contribution in [0.2, 0.25) is 0 Å². The molecule has 1 aliphatic heterocycles. The molecule has 0 unspecified atom stereocenters. The Morgan fingerprint density at radius 2 is 1.79 bits per heavy atom. The largest absolute Gasteiger partial charge is 0.459 e. The first kappa shape index (κ1) is 19.2. The van der Waals surface area contributed by atoms with Gasteiger partial charge in [-0.3, -0.25) is 10.1 Å². The van der Waals surface area contributed by atoms with E-state index in [1.165, 1.54) is 25.5 Å². The normalized spacial score (nSPS) is 17.8. The third kappa shape index (κ3) is 4.85. The number of amides is 3. The van der Waals surface area contributed by atoms with Crippen LogP contribution < -0.4 is 15.5 Å². The Labute approximate surface area is 169 Å². The third-order valence-electron chi connectivity index (χ3n) is 5.46. The van der Waals surface area contributed by atoms with Gasteiger partial charge in [0.05, 0.1) is 6.26 Å². The highest BCUT2D eigenvalue weighted by atomic mass is 16.3. The average Bonchev–Trinajstić information content (AvgIpc) is 3.29. The number of anilines is 2. The van der Waals surface area contributed by atoms with Crippen LogP contribution in [0, 0.1) is 0 Å². The maximum Gasteiger partial charge on any atom is 0.320 e. The lowest BCUT2D eigenvalue weighted by atomic mass is 9.96. The predicted molar refractivity (Wildman–Crippen MR) is 108 cm³/mol. The lowest BCUT2D eigenvalue weighted by Gasteiger charge is -2.34. The highest BCUT2D eigenvalue weighted by molar-refractivity contribution is 5.91. The first-order valence-electron chi connectivity index (χ1n) is 10.2. The molecule has 0 spiro atoms. The molecule has 1 saturated heterocycles. The van der Waals surface area contributed by atoms with Gasteiger partial charge in [-0.1, -0.05) is 19.3 Å². The van der Waals surface area contributed by atoms with E-state index in [2.05, 4.69) is 25.7 Å². The Balaban J connectivity index is 1.26. The number of piperazine rings is 1. The highest BCUT2D eigenvalue weighted by Crippen LogP contribution is 2.18. The molecule has 0 aromatic carbocycles. The van der Waals surface area contributed by atoms with Crippen LogP contribution >= 0.6 is 0 Å². The monoisotopic (exact) mass is 398 g/mol. The average molecular weight is 398 g/mol. The fraction of sp³-hybridized carbons (Fsp3) is 0.500. The van der Waals surface area contributed by atoms with Gasteiger partial charge in [0.25, 0.3) is 5.91 Å². The van der Waals surface area contributed by atoms with Crippen LogP contribution in [0.15, 0.2) is 34.9 Å². The van der Waals surface area contributed by atoms with Gasteiger partial charge in [-0.25, -0.2) is 4.79 Å². The van der Waals surface area contributed by atoms with E-state index in [1.807, 2.05) is 6.07 Å². The Bertz CT molecular complexity index is 809. The van der Waals surface area contributed by atoms with Gasteiger partial charge < -0.3 is 19.5 Å².